The van der Waals surface area contributed by atoms with E-state index in [0.29, 0.717) is 19.5 Å². The number of rotatable bonds is 6. The molecule has 0 aliphatic carbocycles. The second-order valence-corrected chi connectivity index (χ2v) is 6.70. The molecule has 3 rings (SSSR count). The molecule has 1 fully saturated rings. The molecule has 0 radical (unpaired) electrons. The van der Waals surface area contributed by atoms with Crippen LogP contribution in [0.4, 0.5) is 5.69 Å². The van der Waals surface area contributed by atoms with Crippen molar-refractivity contribution < 1.29 is 9.32 Å². The maximum absolute atomic E-state index is 12.4. The minimum absolute atomic E-state index is 0. The van der Waals surface area contributed by atoms with Crippen molar-refractivity contribution >= 4 is 41.5 Å². The number of nitrogens with zero attached hydrogens (tertiary/aromatic N) is 3. The van der Waals surface area contributed by atoms with Gasteiger partial charge in [0.25, 0.3) is 0 Å². The number of hydrogen-bond donors (Lipinski definition) is 2. The van der Waals surface area contributed by atoms with Crippen LogP contribution >= 0.6 is 24.0 Å². The third-order valence-electron chi connectivity index (χ3n) is 4.69. The number of aryl methyl sites for hydroxylation is 2. The molecule has 2 N–H and O–H groups in total. The number of para-hydroxylation sites is 1. The number of aliphatic imine (C=N–C) groups is 1. The van der Waals surface area contributed by atoms with Crippen LogP contribution in [-0.4, -0.2) is 42.7 Å². The predicted molar refractivity (Wildman–Crippen MR) is 121 cm³/mol. The number of anilines is 1. The topological polar surface area (TPSA) is 82.8 Å². The summed E-state index contributed by atoms with van der Waals surface area (Å²) in [6, 6.07) is 9.81. The molecule has 0 saturated carbocycles. The zero-order valence-electron chi connectivity index (χ0n) is 16.6. The van der Waals surface area contributed by atoms with Gasteiger partial charge in [-0.05, 0) is 39.3 Å². The lowest BCUT2D eigenvalue weighted by Gasteiger charge is -2.19. The summed E-state index contributed by atoms with van der Waals surface area (Å²) in [6.45, 7) is 7.92. The molecule has 1 aliphatic rings. The highest BCUT2D eigenvalue weighted by Crippen LogP contribution is 2.21. The number of benzene rings is 1. The number of halogens is 1. The van der Waals surface area contributed by atoms with E-state index < -0.39 is 0 Å². The summed E-state index contributed by atoms with van der Waals surface area (Å²) in [7, 11) is 0. The standard InChI is InChI=1S/C20H27N5O2.HI/c1-4-21-20(22-11-10-18-14(2)24-27-15(18)3)23-16-12-19(26)25(13-16)17-8-6-5-7-9-17;/h5-9,16H,4,10-13H2,1-3H3,(H2,21,22,23);1H. The molecule has 1 saturated heterocycles. The first-order valence-corrected chi connectivity index (χ1v) is 9.40. The second-order valence-electron chi connectivity index (χ2n) is 6.70. The Kier molecular flexibility index (Phi) is 8.28. The maximum Gasteiger partial charge on any atom is 0.229 e. The Morgan fingerprint density at radius 1 is 1.32 bits per heavy atom. The van der Waals surface area contributed by atoms with Crippen LogP contribution in [0.5, 0.6) is 0 Å². The van der Waals surface area contributed by atoms with Gasteiger partial charge in [-0.15, -0.1) is 24.0 Å². The Balaban J connectivity index is 0.00000280. The van der Waals surface area contributed by atoms with Crippen LogP contribution in [0.2, 0.25) is 0 Å². The van der Waals surface area contributed by atoms with Crippen LogP contribution in [0.25, 0.3) is 0 Å². The van der Waals surface area contributed by atoms with E-state index in [4.69, 9.17) is 4.52 Å². The van der Waals surface area contributed by atoms with Crippen LogP contribution in [0, 0.1) is 13.8 Å². The molecule has 1 aromatic heterocycles. The van der Waals surface area contributed by atoms with Crippen LogP contribution in [0.15, 0.2) is 39.8 Å². The molecule has 0 bridgehead atoms. The third-order valence-corrected chi connectivity index (χ3v) is 4.69. The summed E-state index contributed by atoms with van der Waals surface area (Å²) < 4.78 is 5.20. The molecule has 1 aliphatic heterocycles. The Bertz CT molecular complexity index is 787. The average Bonchev–Trinajstić information content (AvgIpc) is 3.18. The van der Waals surface area contributed by atoms with Gasteiger partial charge in [0.2, 0.25) is 5.91 Å². The summed E-state index contributed by atoms with van der Waals surface area (Å²) in [5.74, 6) is 1.71. The lowest BCUT2D eigenvalue weighted by molar-refractivity contribution is -0.117. The summed E-state index contributed by atoms with van der Waals surface area (Å²) >= 11 is 0. The van der Waals surface area contributed by atoms with Gasteiger partial charge in [-0.25, -0.2) is 0 Å². The molecule has 28 heavy (non-hydrogen) atoms. The van der Waals surface area contributed by atoms with Gasteiger partial charge < -0.3 is 20.1 Å². The van der Waals surface area contributed by atoms with Crippen molar-refractivity contribution in [2.75, 3.05) is 24.5 Å². The van der Waals surface area contributed by atoms with Crippen LogP contribution in [0.1, 0.15) is 30.4 Å². The van der Waals surface area contributed by atoms with E-state index in [2.05, 4.69) is 20.8 Å². The molecule has 0 spiro atoms. The molecule has 152 valence electrons. The number of amides is 1. The number of carbonyl (C=O) groups is 1. The first-order valence-electron chi connectivity index (χ1n) is 9.40. The Hall–Kier alpha value is -2.10. The fourth-order valence-electron chi connectivity index (χ4n) is 3.31. The largest absolute Gasteiger partial charge is 0.361 e. The van der Waals surface area contributed by atoms with Gasteiger partial charge >= 0.3 is 0 Å². The van der Waals surface area contributed by atoms with E-state index in [-0.39, 0.29) is 35.9 Å². The molecule has 1 aromatic carbocycles. The monoisotopic (exact) mass is 497 g/mol. The number of guanidine groups is 1. The van der Waals surface area contributed by atoms with Crippen molar-refractivity contribution in [3.63, 3.8) is 0 Å². The fraction of sp³-hybridized carbons (Fsp3) is 0.450. The average molecular weight is 497 g/mol. The number of nitrogens with one attached hydrogen (secondary N) is 2. The molecule has 8 heteroatoms. The van der Waals surface area contributed by atoms with Crippen molar-refractivity contribution in [3.05, 3.63) is 47.3 Å². The minimum Gasteiger partial charge on any atom is -0.361 e. The number of carbonyl (C=O) groups excluding carboxylic acids is 1. The quantitative estimate of drug-likeness (QED) is 0.365. The highest BCUT2D eigenvalue weighted by atomic mass is 127. The van der Waals surface area contributed by atoms with Gasteiger partial charge in [0, 0.05) is 37.3 Å². The van der Waals surface area contributed by atoms with Crippen LogP contribution in [-0.2, 0) is 11.2 Å². The van der Waals surface area contributed by atoms with Crippen molar-refractivity contribution in [1.29, 1.82) is 0 Å². The fourth-order valence-corrected chi connectivity index (χ4v) is 3.31. The number of aromatic nitrogens is 1. The first-order chi connectivity index (χ1) is 13.1. The Morgan fingerprint density at radius 2 is 2.07 bits per heavy atom. The van der Waals surface area contributed by atoms with Gasteiger partial charge in [-0.3, -0.25) is 9.79 Å². The predicted octanol–water partition coefficient (Wildman–Crippen LogP) is 2.81. The van der Waals surface area contributed by atoms with Crippen molar-refractivity contribution in [1.82, 2.24) is 15.8 Å². The lowest BCUT2D eigenvalue weighted by Crippen LogP contribution is -2.44. The van der Waals surface area contributed by atoms with Gasteiger partial charge in [-0.2, -0.15) is 0 Å². The van der Waals surface area contributed by atoms with E-state index in [1.165, 1.54) is 0 Å². The summed E-state index contributed by atoms with van der Waals surface area (Å²) in [6.07, 6.45) is 1.24. The summed E-state index contributed by atoms with van der Waals surface area (Å²) in [5.41, 5.74) is 2.97. The molecule has 1 unspecified atom stereocenters. The molecule has 1 atom stereocenters. The minimum atomic E-state index is 0. The third kappa shape index (κ3) is 5.46. The van der Waals surface area contributed by atoms with Crippen LogP contribution < -0.4 is 15.5 Å². The Morgan fingerprint density at radius 3 is 2.71 bits per heavy atom. The zero-order chi connectivity index (χ0) is 19.2. The van der Waals surface area contributed by atoms with E-state index in [9.17, 15) is 4.79 Å². The molecule has 2 aromatic rings. The van der Waals surface area contributed by atoms with Gasteiger partial charge in [0.05, 0.1) is 11.7 Å². The molecule has 2 heterocycles. The smallest absolute Gasteiger partial charge is 0.229 e. The van der Waals surface area contributed by atoms with Gasteiger partial charge in [0.1, 0.15) is 5.76 Å². The van der Waals surface area contributed by atoms with E-state index in [1.54, 1.807) is 0 Å². The molecular weight excluding hydrogens is 469 g/mol. The summed E-state index contributed by atoms with van der Waals surface area (Å²) in [4.78, 5) is 18.9. The summed E-state index contributed by atoms with van der Waals surface area (Å²) in [5, 5.41) is 10.6. The lowest BCUT2D eigenvalue weighted by atomic mass is 10.1. The molecular formula is C20H28IN5O2. The maximum atomic E-state index is 12.4. The zero-order valence-corrected chi connectivity index (χ0v) is 18.9. The number of hydrogen-bond acceptors (Lipinski definition) is 4. The van der Waals surface area contributed by atoms with Crippen molar-refractivity contribution in [3.8, 4) is 0 Å². The SMILES string of the molecule is CCNC(=NCCc1c(C)noc1C)NC1CC(=O)N(c2ccccc2)C1.I. The molecule has 7 nitrogen and oxygen atoms in total. The van der Waals surface area contributed by atoms with Crippen molar-refractivity contribution in [2.24, 2.45) is 4.99 Å². The molecule has 1 amide bonds. The normalized spacial score (nSPS) is 16.8. The van der Waals surface area contributed by atoms with Gasteiger partial charge in [0.15, 0.2) is 5.96 Å². The second kappa shape index (κ2) is 10.4. The van der Waals surface area contributed by atoms with E-state index in [0.717, 1.165) is 41.6 Å². The van der Waals surface area contributed by atoms with E-state index in [1.807, 2.05) is 56.0 Å². The van der Waals surface area contributed by atoms with Gasteiger partial charge in [-0.1, -0.05) is 23.4 Å². The highest BCUT2D eigenvalue weighted by Gasteiger charge is 2.31. The first kappa shape index (κ1) is 22.2. The Labute approximate surface area is 183 Å². The van der Waals surface area contributed by atoms with Crippen LogP contribution in [0.3, 0.4) is 0 Å². The van der Waals surface area contributed by atoms with Crippen molar-refractivity contribution in [2.45, 2.75) is 39.7 Å². The van der Waals surface area contributed by atoms with E-state index >= 15 is 0 Å². The highest BCUT2D eigenvalue weighted by molar-refractivity contribution is 14.0.